The third-order valence-electron chi connectivity index (χ3n) is 5.15. The number of benzene rings is 1. The van der Waals surface area contributed by atoms with E-state index in [-0.39, 0.29) is 18.0 Å². The van der Waals surface area contributed by atoms with Crippen LogP contribution in [0.5, 0.6) is 0 Å². The molecule has 2 atom stereocenters. The van der Waals surface area contributed by atoms with E-state index >= 15 is 0 Å². The number of hydrogen-bond acceptors (Lipinski definition) is 3. The number of aromatic nitrogens is 2. The Balaban J connectivity index is 1.53. The van der Waals surface area contributed by atoms with Gasteiger partial charge in [0.15, 0.2) is 0 Å². The Bertz CT molecular complexity index is 793. The van der Waals surface area contributed by atoms with Gasteiger partial charge < -0.3 is 4.90 Å². The highest BCUT2D eigenvalue weighted by atomic mass is 35.5. The number of carbonyl (C=O) groups is 1. The van der Waals surface area contributed by atoms with E-state index < -0.39 is 0 Å². The zero-order valence-electron chi connectivity index (χ0n) is 13.1. The Kier molecular flexibility index (Phi) is 3.78. The van der Waals surface area contributed by atoms with Gasteiger partial charge >= 0.3 is 0 Å². The maximum atomic E-state index is 12.9. The molecule has 1 aromatic carbocycles. The van der Waals surface area contributed by atoms with Crippen molar-refractivity contribution in [1.82, 2.24) is 14.7 Å². The van der Waals surface area contributed by atoms with Gasteiger partial charge in [0.25, 0.3) is 5.91 Å². The number of halogens is 1. The highest BCUT2D eigenvalue weighted by Gasteiger charge is 2.44. The first-order valence-electron chi connectivity index (χ1n) is 8.18. The topological polar surface area (TPSA) is 61.9 Å². The molecule has 2 aromatic rings. The van der Waals surface area contributed by atoms with Gasteiger partial charge in [0.1, 0.15) is 0 Å². The Morgan fingerprint density at radius 3 is 2.38 bits per heavy atom. The van der Waals surface area contributed by atoms with Crippen molar-refractivity contribution in [3.63, 3.8) is 0 Å². The van der Waals surface area contributed by atoms with Gasteiger partial charge in [-0.05, 0) is 49.9 Å². The molecular weight excluding hydrogens is 324 g/mol. The summed E-state index contributed by atoms with van der Waals surface area (Å²) in [6, 6.07) is 9.79. The molecule has 0 spiro atoms. The van der Waals surface area contributed by atoms with Gasteiger partial charge in [-0.25, -0.2) is 0 Å². The summed E-state index contributed by atoms with van der Waals surface area (Å²) in [4.78, 5) is 15.0. The molecule has 24 heavy (non-hydrogen) atoms. The van der Waals surface area contributed by atoms with E-state index in [1.54, 1.807) is 30.5 Å². The molecule has 122 valence electrons. The Morgan fingerprint density at radius 2 is 1.83 bits per heavy atom. The molecule has 2 bridgehead atoms. The van der Waals surface area contributed by atoms with Crippen LogP contribution in [0.1, 0.15) is 47.6 Å². The third-order valence-corrected chi connectivity index (χ3v) is 5.34. The highest BCUT2D eigenvalue weighted by molar-refractivity contribution is 6.30. The molecule has 5 nitrogen and oxygen atoms in total. The number of carbonyl (C=O) groups excluding carboxylic acids is 1. The van der Waals surface area contributed by atoms with Crippen molar-refractivity contribution < 1.29 is 4.79 Å². The van der Waals surface area contributed by atoms with Crippen LogP contribution < -0.4 is 0 Å². The maximum Gasteiger partial charge on any atom is 0.254 e. The molecule has 4 rings (SSSR count). The summed E-state index contributed by atoms with van der Waals surface area (Å²) in [6.45, 7) is 0. The van der Waals surface area contributed by atoms with Gasteiger partial charge in [0.05, 0.1) is 28.9 Å². The Hall–Kier alpha value is -2.32. The van der Waals surface area contributed by atoms with Crippen LogP contribution in [0.2, 0.25) is 5.02 Å². The lowest BCUT2D eigenvalue weighted by Crippen LogP contribution is -2.47. The molecule has 1 amide bonds. The van der Waals surface area contributed by atoms with Crippen LogP contribution in [0, 0.1) is 11.3 Å². The number of rotatable bonds is 2. The van der Waals surface area contributed by atoms with Crippen molar-refractivity contribution in [3.05, 3.63) is 52.8 Å². The minimum atomic E-state index is 0.0731. The first-order valence-corrected chi connectivity index (χ1v) is 8.56. The quantitative estimate of drug-likeness (QED) is 0.841. The maximum absolute atomic E-state index is 12.9. The standard InChI is InChI=1S/C18H17ClN4O/c19-14-10-21-22(11-14)17-7-15-5-6-16(8-17)23(15)18(24)13-3-1-12(9-20)2-4-13/h1-4,10-11,15-17H,5-8H2. The Morgan fingerprint density at radius 1 is 1.17 bits per heavy atom. The zero-order chi connectivity index (χ0) is 16.7. The summed E-state index contributed by atoms with van der Waals surface area (Å²) in [5.74, 6) is 0.0731. The average Bonchev–Trinajstić information content (AvgIpc) is 3.15. The molecule has 3 heterocycles. The van der Waals surface area contributed by atoms with E-state index in [0.29, 0.717) is 22.2 Å². The smallest absolute Gasteiger partial charge is 0.254 e. The molecule has 0 radical (unpaired) electrons. The molecule has 1 aromatic heterocycles. The monoisotopic (exact) mass is 340 g/mol. The first kappa shape index (κ1) is 15.2. The molecule has 2 saturated heterocycles. The zero-order valence-corrected chi connectivity index (χ0v) is 13.9. The average molecular weight is 341 g/mol. The van der Waals surface area contributed by atoms with Gasteiger partial charge in [-0.3, -0.25) is 9.48 Å². The molecule has 2 unspecified atom stereocenters. The SMILES string of the molecule is N#Cc1ccc(C(=O)N2C3CCC2CC(n2cc(Cl)cn2)C3)cc1. The predicted molar refractivity (Wildman–Crippen MR) is 89.6 cm³/mol. The summed E-state index contributed by atoms with van der Waals surface area (Å²) >= 11 is 5.98. The van der Waals surface area contributed by atoms with Crippen molar-refractivity contribution in [1.29, 1.82) is 5.26 Å². The number of nitriles is 1. The fourth-order valence-electron chi connectivity index (χ4n) is 4.05. The van der Waals surface area contributed by atoms with Crippen LogP contribution in [0.3, 0.4) is 0 Å². The van der Waals surface area contributed by atoms with Gasteiger partial charge in [-0.15, -0.1) is 0 Å². The van der Waals surface area contributed by atoms with Gasteiger partial charge in [-0.1, -0.05) is 11.6 Å². The minimum absolute atomic E-state index is 0.0731. The van der Waals surface area contributed by atoms with E-state index in [4.69, 9.17) is 16.9 Å². The molecule has 2 fully saturated rings. The summed E-state index contributed by atoms with van der Waals surface area (Å²) in [6.07, 6.45) is 7.44. The number of hydrogen-bond donors (Lipinski definition) is 0. The summed E-state index contributed by atoms with van der Waals surface area (Å²) in [5.41, 5.74) is 1.23. The second kappa shape index (κ2) is 5.95. The van der Waals surface area contributed by atoms with Gasteiger partial charge in [-0.2, -0.15) is 10.4 Å². The number of nitrogens with zero attached hydrogens (tertiary/aromatic N) is 4. The molecular formula is C18H17ClN4O. The lowest BCUT2D eigenvalue weighted by atomic mass is 9.96. The lowest BCUT2D eigenvalue weighted by molar-refractivity contribution is 0.0524. The molecule has 2 aliphatic heterocycles. The van der Waals surface area contributed by atoms with Crippen LogP contribution in [-0.2, 0) is 0 Å². The van der Waals surface area contributed by atoms with Crippen LogP contribution >= 0.6 is 11.6 Å². The molecule has 0 aliphatic carbocycles. The van der Waals surface area contributed by atoms with E-state index in [0.717, 1.165) is 25.7 Å². The predicted octanol–water partition coefficient (Wildman–Crippen LogP) is 3.42. The molecule has 2 aliphatic rings. The summed E-state index contributed by atoms with van der Waals surface area (Å²) < 4.78 is 1.94. The normalized spacial score (nSPS) is 25.5. The van der Waals surface area contributed by atoms with E-state index in [1.807, 2.05) is 15.8 Å². The molecule has 0 N–H and O–H groups in total. The number of piperidine rings is 1. The minimum Gasteiger partial charge on any atom is -0.333 e. The second-order valence-electron chi connectivity index (χ2n) is 6.55. The van der Waals surface area contributed by atoms with Crippen LogP contribution in [0.25, 0.3) is 0 Å². The van der Waals surface area contributed by atoms with E-state index in [2.05, 4.69) is 11.2 Å². The first-order chi connectivity index (χ1) is 11.7. The number of amides is 1. The number of fused-ring (bicyclic) bond motifs is 2. The van der Waals surface area contributed by atoms with Crippen molar-refractivity contribution in [2.75, 3.05) is 0 Å². The third kappa shape index (κ3) is 2.57. The van der Waals surface area contributed by atoms with Gasteiger partial charge in [0, 0.05) is 23.8 Å². The fourth-order valence-corrected chi connectivity index (χ4v) is 4.19. The van der Waals surface area contributed by atoms with Crippen molar-refractivity contribution in [2.45, 2.75) is 43.8 Å². The van der Waals surface area contributed by atoms with E-state index in [1.165, 1.54) is 0 Å². The fraction of sp³-hybridized carbons (Fsp3) is 0.389. The highest BCUT2D eigenvalue weighted by Crippen LogP contribution is 2.41. The second-order valence-corrected chi connectivity index (χ2v) is 6.99. The van der Waals surface area contributed by atoms with Crippen molar-refractivity contribution in [2.24, 2.45) is 0 Å². The van der Waals surface area contributed by atoms with Gasteiger partial charge in [0.2, 0.25) is 0 Å². The van der Waals surface area contributed by atoms with Crippen molar-refractivity contribution in [3.8, 4) is 6.07 Å². The lowest BCUT2D eigenvalue weighted by Gasteiger charge is -2.39. The molecule has 6 heteroatoms. The summed E-state index contributed by atoms with van der Waals surface area (Å²) in [5, 5.41) is 13.9. The van der Waals surface area contributed by atoms with Crippen LogP contribution in [-0.4, -0.2) is 32.7 Å². The van der Waals surface area contributed by atoms with Crippen LogP contribution in [0.15, 0.2) is 36.7 Å². The van der Waals surface area contributed by atoms with E-state index in [9.17, 15) is 4.79 Å². The Labute approximate surface area is 145 Å². The summed E-state index contributed by atoms with van der Waals surface area (Å²) in [7, 11) is 0. The molecule has 0 saturated carbocycles. The van der Waals surface area contributed by atoms with Crippen molar-refractivity contribution >= 4 is 17.5 Å². The van der Waals surface area contributed by atoms with Crippen LogP contribution in [0.4, 0.5) is 0 Å². The largest absolute Gasteiger partial charge is 0.333 e.